The van der Waals surface area contributed by atoms with Crippen LogP contribution in [-0.2, 0) is 11.2 Å². The van der Waals surface area contributed by atoms with E-state index in [-0.39, 0.29) is 17.1 Å². The smallest absolute Gasteiger partial charge is 0.219 e. The van der Waals surface area contributed by atoms with Crippen molar-refractivity contribution in [1.82, 2.24) is 5.32 Å². The van der Waals surface area contributed by atoms with Crippen LogP contribution in [0.2, 0.25) is 0 Å². The van der Waals surface area contributed by atoms with Gasteiger partial charge in [-0.3, -0.25) is 4.79 Å². The normalized spacial score (nSPS) is 12.0. The Morgan fingerprint density at radius 3 is 2.06 bits per heavy atom. The highest BCUT2D eigenvalue weighted by Crippen LogP contribution is 2.32. The van der Waals surface area contributed by atoms with Gasteiger partial charge < -0.3 is 14.8 Å². The molecular formula is C30H53NO3. The molecule has 0 saturated heterocycles. The van der Waals surface area contributed by atoms with Crippen LogP contribution in [0.5, 0.6) is 11.5 Å². The number of benzene rings is 1. The van der Waals surface area contributed by atoms with E-state index < -0.39 is 0 Å². The number of carbonyl (C=O) groups is 1. The maximum atomic E-state index is 12.1. The molecule has 0 unspecified atom stereocenters. The lowest BCUT2D eigenvalue weighted by Gasteiger charge is -2.29. The molecule has 0 aliphatic heterocycles. The molecule has 0 heterocycles. The van der Waals surface area contributed by atoms with Crippen molar-refractivity contribution in [2.24, 2.45) is 0 Å². The first-order valence-corrected chi connectivity index (χ1v) is 13.9. The first-order valence-electron chi connectivity index (χ1n) is 13.9. The van der Waals surface area contributed by atoms with Gasteiger partial charge in [0.25, 0.3) is 0 Å². The van der Waals surface area contributed by atoms with Crippen molar-refractivity contribution in [3.8, 4) is 11.5 Å². The molecular weight excluding hydrogens is 422 g/mol. The van der Waals surface area contributed by atoms with Crippen LogP contribution in [0.3, 0.4) is 0 Å². The predicted octanol–water partition coefficient (Wildman–Crippen LogP) is 8.40. The van der Waals surface area contributed by atoms with Crippen molar-refractivity contribution in [2.75, 3.05) is 6.54 Å². The minimum absolute atomic E-state index is 0.197. The van der Waals surface area contributed by atoms with Crippen LogP contribution < -0.4 is 14.8 Å². The van der Waals surface area contributed by atoms with Gasteiger partial charge in [-0.25, -0.2) is 0 Å². The third kappa shape index (κ3) is 13.2. The van der Waals surface area contributed by atoms with Gasteiger partial charge in [0.15, 0.2) is 0 Å². The highest BCUT2D eigenvalue weighted by molar-refractivity contribution is 5.75. The summed E-state index contributed by atoms with van der Waals surface area (Å²) in [7, 11) is 0. The van der Waals surface area contributed by atoms with E-state index in [1.54, 1.807) is 0 Å². The Labute approximate surface area is 210 Å². The van der Waals surface area contributed by atoms with Crippen molar-refractivity contribution in [1.29, 1.82) is 0 Å². The molecule has 0 fully saturated rings. The number of unbranched alkanes of at least 4 members (excludes halogenated alkanes) is 7. The van der Waals surface area contributed by atoms with Gasteiger partial charge in [-0.15, -0.1) is 0 Å². The monoisotopic (exact) mass is 475 g/mol. The number of amides is 1. The number of aryl methyl sites for hydroxylation is 1. The molecule has 1 aromatic carbocycles. The van der Waals surface area contributed by atoms with Crippen LogP contribution in [0.15, 0.2) is 18.2 Å². The quantitative estimate of drug-likeness (QED) is 0.204. The number of nitrogens with one attached hydrogen (secondary N) is 1. The highest BCUT2D eigenvalue weighted by Gasteiger charge is 2.21. The van der Waals surface area contributed by atoms with Gasteiger partial charge in [-0.1, -0.05) is 65.4 Å². The van der Waals surface area contributed by atoms with Crippen molar-refractivity contribution < 1.29 is 14.3 Å². The summed E-state index contributed by atoms with van der Waals surface area (Å²) in [6.45, 7) is 15.7. The molecule has 1 rings (SSSR count). The Morgan fingerprint density at radius 2 is 1.41 bits per heavy atom. The summed E-state index contributed by atoms with van der Waals surface area (Å²) in [6, 6.07) is 6.25. The second kappa shape index (κ2) is 16.1. The molecule has 0 aliphatic rings. The second-order valence-corrected chi connectivity index (χ2v) is 10.9. The van der Waals surface area contributed by atoms with E-state index in [1.807, 2.05) is 6.07 Å². The van der Waals surface area contributed by atoms with E-state index in [0.29, 0.717) is 6.42 Å². The Bertz CT molecular complexity index is 696. The molecule has 4 heteroatoms. The van der Waals surface area contributed by atoms with Crippen LogP contribution in [0, 0.1) is 0 Å². The average molecular weight is 476 g/mol. The standard InChI is InChI=1S/C30H53NO3/c1-8-11-12-13-14-15-16-20-28(32)31-23-18-17-19-25-21-22-26(33-29(4,5)9-2)24-27(25)34-30(6,7)10-3/h21-22,24H,8-20,23H2,1-7H3,(H,31,32). The molecule has 0 radical (unpaired) electrons. The highest BCUT2D eigenvalue weighted by atomic mass is 16.5. The maximum Gasteiger partial charge on any atom is 0.219 e. The Balaban J connectivity index is 2.47. The van der Waals surface area contributed by atoms with E-state index in [4.69, 9.17) is 9.47 Å². The molecule has 1 aromatic rings. The number of carbonyl (C=O) groups excluding carboxylic acids is 1. The summed E-state index contributed by atoms with van der Waals surface area (Å²) < 4.78 is 12.6. The number of ether oxygens (including phenoxy) is 2. The van der Waals surface area contributed by atoms with Crippen molar-refractivity contribution >= 4 is 5.91 Å². The Kier molecular flexibility index (Phi) is 14.3. The molecule has 34 heavy (non-hydrogen) atoms. The first-order chi connectivity index (χ1) is 16.1. The van der Waals surface area contributed by atoms with Gasteiger partial charge in [-0.05, 0) is 77.8 Å². The second-order valence-electron chi connectivity index (χ2n) is 10.9. The molecule has 0 atom stereocenters. The zero-order valence-corrected chi connectivity index (χ0v) is 23.4. The van der Waals surface area contributed by atoms with Gasteiger partial charge >= 0.3 is 0 Å². The minimum Gasteiger partial charge on any atom is -0.488 e. The van der Waals surface area contributed by atoms with Crippen molar-refractivity contribution in [3.05, 3.63) is 23.8 Å². The average Bonchev–Trinajstić information content (AvgIpc) is 2.79. The van der Waals surface area contributed by atoms with E-state index in [1.165, 1.54) is 44.1 Å². The number of rotatable bonds is 19. The summed E-state index contributed by atoms with van der Waals surface area (Å²) >= 11 is 0. The first kappa shape index (κ1) is 30.3. The van der Waals surface area contributed by atoms with Crippen LogP contribution in [-0.4, -0.2) is 23.7 Å². The van der Waals surface area contributed by atoms with Crippen LogP contribution >= 0.6 is 0 Å². The molecule has 4 nitrogen and oxygen atoms in total. The zero-order valence-electron chi connectivity index (χ0n) is 23.4. The summed E-state index contributed by atoms with van der Waals surface area (Å²) in [4.78, 5) is 12.1. The fourth-order valence-corrected chi connectivity index (χ4v) is 3.66. The van der Waals surface area contributed by atoms with Gasteiger partial charge in [0.1, 0.15) is 22.7 Å². The largest absolute Gasteiger partial charge is 0.488 e. The minimum atomic E-state index is -0.225. The van der Waals surface area contributed by atoms with Crippen LogP contribution in [0.25, 0.3) is 0 Å². The Morgan fingerprint density at radius 1 is 0.794 bits per heavy atom. The van der Waals surface area contributed by atoms with Gasteiger partial charge in [-0.2, -0.15) is 0 Å². The van der Waals surface area contributed by atoms with Crippen LogP contribution in [0.4, 0.5) is 0 Å². The van der Waals surface area contributed by atoms with E-state index in [0.717, 1.165) is 56.6 Å². The van der Waals surface area contributed by atoms with Gasteiger partial charge in [0.05, 0.1) is 0 Å². The van der Waals surface area contributed by atoms with E-state index in [9.17, 15) is 4.79 Å². The molecule has 0 spiro atoms. The predicted molar refractivity (Wildman–Crippen MR) is 145 cm³/mol. The molecule has 0 aliphatic carbocycles. The summed E-state index contributed by atoms with van der Waals surface area (Å²) in [5.41, 5.74) is 0.779. The molecule has 0 saturated carbocycles. The lowest BCUT2D eigenvalue weighted by Crippen LogP contribution is -2.28. The third-order valence-electron chi connectivity index (χ3n) is 6.72. The van der Waals surface area contributed by atoms with E-state index >= 15 is 0 Å². The van der Waals surface area contributed by atoms with Gasteiger partial charge in [0, 0.05) is 19.0 Å². The number of hydrogen-bond donors (Lipinski definition) is 1. The fourth-order valence-electron chi connectivity index (χ4n) is 3.66. The third-order valence-corrected chi connectivity index (χ3v) is 6.72. The van der Waals surface area contributed by atoms with E-state index in [2.05, 4.69) is 65.9 Å². The molecule has 1 amide bonds. The molecule has 0 bridgehead atoms. The summed E-state index contributed by atoms with van der Waals surface area (Å²) in [5, 5.41) is 3.09. The summed E-state index contributed by atoms with van der Waals surface area (Å²) in [5.74, 6) is 1.97. The van der Waals surface area contributed by atoms with Crippen LogP contribution in [0.1, 0.15) is 131 Å². The maximum absolute atomic E-state index is 12.1. The van der Waals surface area contributed by atoms with Gasteiger partial charge in [0.2, 0.25) is 5.91 Å². The topological polar surface area (TPSA) is 47.6 Å². The molecule has 0 aromatic heterocycles. The lowest BCUT2D eigenvalue weighted by molar-refractivity contribution is -0.121. The molecule has 196 valence electrons. The van der Waals surface area contributed by atoms with Crippen molar-refractivity contribution in [2.45, 2.75) is 143 Å². The lowest BCUT2D eigenvalue weighted by atomic mass is 10.0. The van der Waals surface area contributed by atoms with Crippen molar-refractivity contribution in [3.63, 3.8) is 0 Å². The summed E-state index contributed by atoms with van der Waals surface area (Å²) in [6.07, 6.45) is 14.1. The SMILES string of the molecule is CCCCCCCCCC(=O)NCCCCc1ccc(OC(C)(C)CC)cc1OC(C)(C)CC. The molecule has 1 N–H and O–H groups in total. The Hall–Kier alpha value is -1.71. The zero-order chi connectivity index (χ0) is 25.5. The number of hydrogen-bond acceptors (Lipinski definition) is 3. The fraction of sp³-hybridized carbons (Fsp3) is 0.767.